The summed E-state index contributed by atoms with van der Waals surface area (Å²) in [4.78, 5) is 14.7. The normalized spacial score (nSPS) is 19.9. The summed E-state index contributed by atoms with van der Waals surface area (Å²) >= 11 is 0. The van der Waals surface area contributed by atoms with E-state index in [9.17, 15) is 4.79 Å². The van der Waals surface area contributed by atoms with Crippen molar-refractivity contribution in [3.05, 3.63) is 23.8 Å². The van der Waals surface area contributed by atoms with Crippen molar-refractivity contribution >= 4 is 5.91 Å². The minimum Gasteiger partial charge on any atom is -0.493 e. The van der Waals surface area contributed by atoms with Crippen molar-refractivity contribution in [1.29, 1.82) is 0 Å². The zero-order valence-corrected chi connectivity index (χ0v) is 14.6. The molecule has 5 nitrogen and oxygen atoms in total. The number of hydrogen-bond donors (Lipinski definition) is 1. The first kappa shape index (κ1) is 17.6. The smallest absolute Gasteiger partial charge is 0.237 e. The summed E-state index contributed by atoms with van der Waals surface area (Å²) in [5.74, 6) is 2.12. The Balaban J connectivity index is 1.90. The van der Waals surface area contributed by atoms with E-state index in [-0.39, 0.29) is 11.9 Å². The van der Waals surface area contributed by atoms with Gasteiger partial charge in [-0.15, -0.1) is 0 Å². The highest BCUT2D eigenvalue weighted by atomic mass is 16.5. The van der Waals surface area contributed by atoms with E-state index in [2.05, 4.69) is 17.1 Å². The van der Waals surface area contributed by atoms with Crippen molar-refractivity contribution in [2.24, 2.45) is 5.92 Å². The maximum atomic E-state index is 12.4. The molecule has 0 bridgehead atoms. The number of nitrogens with one attached hydrogen (secondary N) is 1. The molecule has 1 amide bonds. The fourth-order valence-corrected chi connectivity index (χ4v) is 3.07. The molecule has 0 aliphatic carbocycles. The van der Waals surface area contributed by atoms with Crippen molar-refractivity contribution in [1.82, 2.24) is 10.2 Å². The van der Waals surface area contributed by atoms with E-state index in [0.717, 1.165) is 18.7 Å². The predicted octanol–water partition coefficient (Wildman–Crippen LogP) is 2.44. The summed E-state index contributed by atoms with van der Waals surface area (Å²) in [6.07, 6.45) is 2.44. The zero-order valence-electron chi connectivity index (χ0n) is 14.6. The van der Waals surface area contributed by atoms with Crippen LogP contribution in [-0.2, 0) is 11.3 Å². The molecule has 2 atom stereocenters. The number of methoxy groups -OCH3 is 2. The fourth-order valence-electron chi connectivity index (χ4n) is 3.07. The molecule has 1 aliphatic heterocycles. The van der Waals surface area contributed by atoms with E-state index in [1.54, 1.807) is 14.2 Å². The van der Waals surface area contributed by atoms with Gasteiger partial charge in [0, 0.05) is 13.1 Å². The minimum absolute atomic E-state index is 0.0777. The van der Waals surface area contributed by atoms with Crippen molar-refractivity contribution in [3.63, 3.8) is 0 Å². The molecular formula is C18H28N2O3. The molecule has 1 fully saturated rings. The number of hydrogen-bond acceptors (Lipinski definition) is 4. The molecule has 1 N–H and O–H groups in total. The Kier molecular flexibility index (Phi) is 6.28. The molecule has 1 heterocycles. The van der Waals surface area contributed by atoms with Gasteiger partial charge in [0.05, 0.1) is 20.3 Å². The van der Waals surface area contributed by atoms with Crippen LogP contribution in [0.2, 0.25) is 0 Å². The summed E-state index contributed by atoms with van der Waals surface area (Å²) in [5.41, 5.74) is 0.996. The molecule has 128 valence electrons. The number of rotatable bonds is 6. The highest BCUT2D eigenvalue weighted by Crippen LogP contribution is 2.27. The highest BCUT2D eigenvalue weighted by Gasteiger charge is 2.25. The predicted molar refractivity (Wildman–Crippen MR) is 90.8 cm³/mol. The zero-order chi connectivity index (χ0) is 16.8. The van der Waals surface area contributed by atoms with E-state index in [1.807, 2.05) is 25.1 Å². The number of ether oxygens (including phenoxy) is 2. The summed E-state index contributed by atoms with van der Waals surface area (Å²) in [5, 5.41) is 3.02. The third-order valence-corrected chi connectivity index (χ3v) is 4.53. The molecule has 0 spiro atoms. The van der Waals surface area contributed by atoms with Crippen molar-refractivity contribution in [2.45, 2.75) is 39.3 Å². The molecule has 23 heavy (non-hydrogen) atoms. The van der Waals surface area contributed by atoms with Crippen LogP contribution >= 0.6 is 0 Å². The van der Waals surface area contributed by atoms with Gasteiger partial charge < -0.3 is 14.8 Å². The van der Waals surface area contributed by atoms with Crippen LogP contribution in [0.3, 0.4) is 0 Å². The van der Waals surface area contributed by atoms with Gasteiger partial charge in [-0.05, 0) is 49.9 Å². The number of piperidine rings is 1. The lowest BCUT2D eigenvalue weighted by molar-refractivity contribution is -0.126. The Morgan fingerprint density at radius 3 is 2.74 bits per heavy atom. The Labute approximate surface area is 139 Å². The monoisotopic (exact) mass is 320 g/mol. The van der Waals surface area contributed by atoms with Crippen molar-refractivity contribution in [2.75, 3.05) is 27.3 Å². The summed E-state index contributed by atoms with van der Waals surface area (Å²) in [6.45, 7) is 6.75. The molecule has 5 heteroatoms. The molecular weight excluding hydrogens is 292 g/mol. The topological polar surface area (TPSA) is 50.8 Å². The molecule has 1 aromatic carbocycles. The van der Waals surface area contributed by atoms with Crippen LogP contribution < -0.4 is 14.8 Å². The molecule has 1 aliphatic rings. The summed E-state index contributed by atoms with van der Waals surface area (Å²) in [7, 11) is 3.22. The van der Waals surface area contributed by atoms with Gasteiger partial charge in [0.2, 0.25) is 5.91 Å². The third-order valence-electron chi connectivity index (χ3n) is 4.53. The third kappa shape index (κ3) is 4.61. The van der Waals surface area contributed by atoms with E-state index in [0.29, 0.717) is 24.0 Å². The van der Waals surface area contributed by atoms with Gasteiger partial charge in [-0.25, -0.2) is 0 Å². The first-order chi connectivity index (χ1) is 11.0. The first-order valence-corrected chi connectivity index (χ1v) is 8.27. The Hall–Kier alpha value is -1.75. The summed E-state index contributed by atoms with van der Waals surface area (Å²) in [6, 6.07) is 5.61. The van der Waals surface area contributed by atoms with Gasteiger partial charge in [-0.3, -0.25) is 9.69 Å². The maximum absolute atomic E-state index is 12.4. The lowest BCUT2D eigenvalue weighted by Crippen LogP contribution is -2.48. The number of nitrogens with zero attached hydrogens (tertiary/aromatic N) is 1. The molecule has 0 unspecified atom stereocenters. The fraction of sp³-hybridized carbons (Fsp3) is 0.611. The van der Waals surface area contributed by atoms with Gasteiger partial charge in [-0.2, -0.15) is 0 Å². The molecule has 0 saturated carbocycles. The van der Waals surface area contributed by atoms with E-state index in [4.69, 9.17) is 9.47 Å². The van der Waals surface area contributed by atoms with Gasteiger partial charge in [-0.1, -0.05) is 13.0 Å². The number of carbonyl (C=O) groups is 1. The standard InChI is InChI=1S/C18H28N2O3/c1-13-6-5-9-20(12-13)14(2)18(21)19-11-15-7-8-16(22-3)17(10-15)23-4/h7-8,10,13-14H,5-6,9,11-12H2,1-4H3,(H,19,21)/t13-,14-/m0/s1. The second-order valence-corrected chi connectivity index (χ2v) is 6.33. The lowest BCUT2D eigenvalue weighted by Gasteiger charge is -2.34. The van der Waals surface area contributed by atoms with Crippen molar-refractivity contribution in [3.8, 4) is 11.5 Å². The second kappa shape index (κ2) is 8.20. The van der Waals surface area contributed by atoms with Crippen LogP contribution in [-0.4, -0.2) is 44.2 Å². The van der Waals surface area contributed by atoms with Crippen LogP contribution in [0.4, 0.5) is 0 Å². The average Bonchev–Trinajstić information content (AvgIpc) is 2.58. The SMILES string of the molecule is COc1ccc(CNC(=O)[C@H](C)N2CCC[C@H](C)C2)cc1OC. The summed E-state index contributed by atoms with van der Waals surface area (Å²) < 4.78 is 10.5. The minimum atomic E-state index is -0.0853. The van der Waals surface area contributed by atoms with E-state index < -0.39 is 0 Å². The number of carbonyl (C=O) groups excluding carboxylic acids is 1. The largest absolute Gasteiger partial charge is 0.493 e. The van der Waals surface area contributed by atoms with Crippen LogP contribution in [0.15, 0.2) is 18.2 Å². The van der Waals surface area contributed by atoms with E-state index in [1.165, 1.54) is 12.8 Å². The van der Waals surface area contributed by atoms with Gasteiger partial charge in [0.1, 0.15) is 0 Å². The van der Waals surface area contributed by atoms with Crippen LogP contribution in [0.1, 0.15) is 32.3 Å². The number of benzene rings is 1. The molecule has 1 aromatic rings. The molecule has 0 radical (unpaired) electrons. The molecule has 2 rings (SSSR count). The van der Waals surface area contributed by atoms with Gasteiger partial charge in [0.25, 0.3) is 0 Å². The van der Waals surface area contributed by atoms with Gasteiger partial charge >= 0.3 is 0 Å². The highest BCUT2D eigenvalue weighted by molar-refractivity contribution is 5.81. The Morgan fingerprint density at radius 1 is 1.35 bits per heavy atom. The van der Waals surface area contributed by atoms with E-state index >= 15 is 0 Å². The van der Waals surface area contributed by atoms with Crippen molar-refractivity contribution < 1.29 is 14.3 Å². The quantitative estimate of drug-likeness (QED) is 0.875. The molecule has 1 saturated heterocycles. The number of likely N-dealkylation sites (tertiary alicyclic amines) is 1. The Morgan fingerprint density at radius 2 is 2.09 bits per heavy atom. The van der Waals surface area contributed by atoms with Gasteiger partial charge in [0.15, 0.2) is 11.5 Å². The van der Waals surface area contributed by atoms with Crippen LogP contribution in [0, 0.1) is 5.92 Å². The molecule has 0 aromatic heterocycles. The maximum Gasteiger partial charge on any atom is 0.237 e. The Bertz CT molecular complexity index is 533. The number of amides is 1. The lowest BCUT2D eigenvalue weighted by atomic mass is 9.99. The van der Waals surface area contributed by atoms with Crippen LogP contribution in [0.5, 0.6) is 11.5 Å². The van der Waals surface area contributed by atoms with Crippen LogP contribution in [0.25, 0.3) is 0 Å². The second-order valence-electron chi connectivity index (χ2n) is 6.33. The average molecular weight is 320 g/mol. The first-order valence-electron chi connectivity index (χ1n) is 8.27.